The van der Waals surface area contributed by atoms with E-state index in [0.29, 0.717) is 18.3 Å². The molecule has 1 aliphatic heterocycles. The van der Waals surface area contributed by atoms with Crippen LogP contribution in [0.5, 0.6) is 0 Å². The molecule has 0 aromatic carbocycles. The van der Waals surface area contributed by atoms with E-state index in [4.69, 9.17) is 0 Å². The van der Waals surface area contributed by atoms with Gasteiger partial charge in [0.05, 0.1) is 18.6 Å². The molecule has 0 bridgehead atoms. The van der Waals surface area contributed by atoms with E-state index in [2.05, 4.69) is 19.6 Å². The Morgan fingerprint density at radius 3 is 3.08 bits per heavy atom. The molecule has 1 fully saturated rings. The van der Waals surface area contributed by atoms with Crippen molar-refractivity contribution in [2.24, 2.45) is 7.05 Å². The van der Waals surface area contributed by atoms with E-state index < -0.39 is 0 Å². The van der Waals surface area contributed by atoms with Crippen LogP contribution >= 0.6 is 11.3 Å². The Balaban J connectivity index is 1.50. The van der Waals surface area contributed by atoms with E-state index in [1.807, 2.05) is 36.0 Å². The molecule has 4 rings (SSSR count). The maximum absolute atomic E-state index is 12.8. The third kappa shape index (κ3) is 2.84. The average Bonchev–Trinajstić information content (AvgIpc) is 3.35. The van der Waals surface area contributed by atoms with Crippen LogP contribution in [0.25, 0.3) is 10.6 Å². The zero-order valence-electron chi connectivity index (χ0n) is 13.4. The molecule has 4 heterocycles. The van der Waals surface area contributed by atoms with Crippen molar-refractivity contribution in [3.63, 3.8) is 0 Å². The van der Waals surface area contributed by atoms with Crippen molar-refractivity contribution in [2.75, 3.05) is 13.1 Å². The summed E-state index contributed by atoms with van der Waals surface area (Å²) in [5, 5.41) is 6.82. The Labute approximate surface area is 143 Å². The number of piperidine rings is 1. The lowest BCUT2D eigenvalue weighted by molar-refractivity contribution is 0.0674. The normalized spacial score (nSPS) is 18.0. The number of thiazole rings is 1. The van der Waals surface area contributed by atoms with E-state index in [0.717, 1.165) is 30.0 Å². The second-order valence-electron chi connectivity index (χ2n) is 6.00. The van der Waals surface area contributed by atoms with Crippen molar-refractivity contribution in [2.45, 2.75) is 18.9 Å². The summed E-state index contributed by atoms with van der Waals surface area (Å²) in [6, 6.07) is 0.293. The summed E-state index contributed by atoms with van der Waals surface area (Å²) in [6.45, 7) is 1.48. The second-order valence-corrected chi connectivity index (χ2v) is 6.86. The van der Waals surface area contributed by atoms with Gasteiger partial charge >= 0.3 is 0 Å². The van der Waals surface area contributed by atoms with Crippen molar-refractivity contribution < 1.29 is 4.79 Å². The third-order valence-electron chi connectivity index (χ3n) is 4.31. The molecule has 1 aliphatic rings. The number of nitrogens with zero attached hydrogens (tertiary/aromatic N) is 6. The van der Waals surface area contributed by atoms with Crippen molar-refractivity contribution in [3.8, 4) is 10.6 Å². The zero-order valence-corrected chi connectivity index (χ0v) is 14.2. The molecule has 7 nitrogen and oxygen atoms in total. The quantitative estimate of drug-likeness (QED) is 0.732. The molecule has 0 N–H and O–H groups in total. The van der Waals surface area contributed by atoms with Crippen LogP contribution in [0.1, 0.15) is 29.4 Å². The molecule has 0 aliphatic carbocycles. The zero-order chi connectivity index (χ0) is 16.5. The number of hydrogen-bond donors (Lipinski definition) is 0. The van der Waals surface area contributed by atoms with Gasteiger partial charge in [0.15, 0.2) is 0 Å². The summed E-state index contributed by atoms with van der Waals surface area (Å²) in [6.07, 6.45) is 11.3. The highest BCUT2D eigenvalue weighted by atomic mass is 32.1. The Morgan fingerprint density at radius 1 is 1.42 bits per heavy atom. The Hall–Kier alpha value is -2.48. The summed E-state index contributed by atoms with van der Waals surface area (Å²) in [5.74, 6) is 0.00575. The van der Waals surface area contributed by atoms with Crippen LogP contribution in [0.3, 0.4) is 0 Å². The molecule has 3 aromatic rings. The standard InChI is InChI=1S/C16H18N6OS/c1-20-8-12(7-18-20)15-19-14(10-24-15)16(23)21-5-2-3-13(9-21)22-6-4-17-11-22/h4,6-8,10-11,13H,2-3,5,9H2,1H3/t13-/m1/s1. The highest BCUT2D eigenvalue weighted by molar-refractivity contribution is 7.13. The predicted octanol–water partition coefficient (Wildman–Crippen LogP) is 2.22. The predicted molar refractivity (Wildman–Crippen MR) is 90.7 cm³/mol. The van der Waals surface area contributed by atoms with Crippen molar-refractivity contribution >= 4 is 17.2 Å². The van der Waals surface area contributed by atoms with E-state index in [-0.39, 0.29) is 5.91 Å². The van der Waals surface area contributed by atoms with Crippen LogP contribution in [0.4, 0.5) is 0 Å². The molecule has 0 spiro atoms. The molecule has 3 aromatic heterocycles. The van der Waals surface area contributed by atoms with Crippen molar-refractivity contribution in [1.82, 2.24) is 29.2 Å². The van der Waals surface area contributed by atoms with Gasteiger partial charge in [0, 0.05) is 49.7 Å². The lowest BCUT2D eigenvalue weighted by Gasteiger charge is -2.32. The fourth-order valence-electron chi connectivity index (χ4n) is 3.07. The first-order valence-electron chi connectivity index (χ1n) is 7.92. The molecule has 0 radical (unpaired) electrons. The lowest BCUT2D eigenvalue weighted by atomic mass is 10.1. The SMILES string of the molecule is Cn1cc(-c2nc(C(=O)N3CCC[C@@H](n4ccnc4)C3)cs2)cn1. The number of aryl methyl sites for hydroxylation is 1. The maximum atomic E-state index is 12.8. The summed E-state index contributed by atoms with van der Waals surface area (Å²) in [4.78, 5) is 23.3. The van der Waals surface area contributed by atoms with Gasteiger partial charge in [-0.3, -0.25) is 9.48 Å². The van der Waals surface area contributed by atoms with Gasteiger partial charge in [0.25, 0.3) is 5.91 Å². The first kappa shape index (κ1) is 15.1. The van der Waals surface area contributed by atoms with Crippen LogP contribution in [0.15, 0.2) is 36.5 Å². The second kappa shape index (κ2) is 6.20. The smallest absolute Gasteiger partial charge is 0.273 e. The largest absolute Gasteiger partial charge is 0.335 e. The van der Waals surface area contributed by atoms with Crippen molar-refractivity contribution in [3.05, 3.63) is 42.2 Å². The van der Waals surface area contributed by atoms with Crippen LogP contribution < -0.4 is 0 Å². The van der Waals surface area contributed by atoms with E-state index in [1.165, 1.54) is 11.3 Å². The molecular weight excluding hydrogens is 324 g/mol. The first-order valence-corrected chi connectivity index (χ1v) is 8.80. The Morgan fingerprint density at radius 2 is 2.33 bits per heavy atom. The monoisotopic (exact) mass is 342 g/mol. The summed E-state index contributed by atoms with van der Waals surface area (Å²) >= 11 is 1.48. The average molecular weight is 342 g/mol. The van der Waals surface area contributed by atoms with E-state index >= 15 is 0 Å². The maximum Gasteiger partial charge on any atom is 0.273 e. The number of rotatable bonds is 3. The molecule has 0 saturated carbocycles. The topological polar surface area (TPSA) is 68.8 Å². The molecule has 1 saturated heterocycles. The van der Waals surface area contributed by atoms with Gasteiger partial charge in [-0.1, -0.05) is 0 Å². The highest BCUT2D eigenvalue weighted by Gasteiger charge is 2.26. The number of carbonyl (C=O) groups excluding carboxylic acids is 1. The number of carbonyl (C=O) groups is 1. The Bertz CT molecular complexity index is 837. The third-order valence-corrected chi connectivity index (χ3v) is 5.20. The van der Waals surface area contributed by atoms with Gasteiger partial charge in [-0.15, -0.1) is 11.3 Å². The van der Waals surface area contributed by atoms with E-state index in [1.54, 1.807) is 17.1 Å². The van der Waals surface area contributed by atoms with E-state index in [9.17, 15) is 4.79 Å². The number of likely N-dealkylation sites (tertiary alicyclic amines) is 1. The summed E-state index contributed by atoms with van der Waals surface area (Å²) in [5.41, 5.74) is 1.46. The van der Waals surface area contributed by atoms with Crippen LogP contribution in [-0.4, -0.2) is 48.2 Å². The van der Waals surface area contributed by atoms with Gasteiger partial charge in [0.1, 0.15) is 10.7 Å². The molecule has 1 amide bonds. The van der Waals surface area contributed by atoms with Crippen LogP contribution in [0, 0.1) is 0 Å². The fourth-order valence-corrected chi connectivity index (χ4v) is 3.84. The van der Waals surface area contributed by atoms with Crippen LogP contribution in [0.2, 0.25) is 0 Å². The first-order chi connectivity index (χ1) is 11.7. The van der Waals surface area contributed by atoms with Crippen LogP contribution in [-0.2, 0) is 7.05 Å². The minimum absolute atomic E-state index is 0.00575. The number of hydrogen-bond acceptors (Lipinski definition) is 5. The number of aromatic nitrogens is 5. The minimum Gasteiger partial charge on any atom is -0.335 e. The van der Waals surface area contributed by atoms with Crippen molar-refractivity contribution in [1.29, 1.82) is 0 Å². The highest BCUT2D eigenvalue weighted by Crippen LogP contribution is 2.26. The lowest BCUT2D eigenvalue weighted by Crippen LogP contribution is -2.40. The Kier molecular flexibility index (Phi) is 3.89. The van der Waals surface area contributed by atoms with Gasteiger partial charge in [-0.2, -0.15) is 5.10 Å². The summed E-state index contributed by atoms with van der Waals surface area (Å²) in [7, 11) is 1.87. The molecule has 24 heavy (non-hydrogen) atoms. The molecule has 1 atom stereocenters. The van der Waals surface area contributed by atoms with Gasteiger partial charge in [-0.25, -0.2) is 9.97 Å². The molecular formula is C16H18N6OS. The fraction of sp³-hybridized carbons (Fsp3) is 0.375. The number of amides is 1. The van der Waals surface area contributed by atoms with Gasteiger partial charge in [0.2, 0.25) is 0 Å². The number of imidazole rings is 1. The van der Waals surface area contributed by atoms with Gasteiger partial charge in [-0.05, 0) is 12.8 Å². The molecule has 124 valence electrons. The summed E-state index contributed by atoms with van der Waals surface area (Å²) < 4.78 is 3.82. The molecule has 8 heteroatoms. The molecule has 0 unspecified atom stereocenters. The minimum atomic E-state index is 0.00575. The van der Waals surface area contributed by atoms with Gasteiger partial charge < -0.3 is 9.47 Å².